The van der Waals surface area contributed by atoms with Crippen LogP contribution >= 0.6 is 12.4 Å². The topological polar surface area (TPSA) is 222 Å². The molecule has 0 aromatic heterocycles. The number of esters is 1. The summed E-state index contributed by atoms with van der Waals surface area (Å²) in [7, 11) is 0. The zero-order valence-corrected chi connectivity index (χ0v) is 39.8. The predicted octanol–water partition coefficient (Wildman–Crippen LogP) is 7.16. The zero-order valence-electron chi connectivity index (χ0n) is 39.0. The highest BCUT2D eigenvalue weighted by atomic mass is 35.5. The summed E-state index contributed by atoms with van der Waals surface area (Å²) in [6, 6.07) is 20.9. The van der Waals surface area contributed by atoms with Crippen LogP contribution in [0.3, 0.4) is 0 Å². The van der Waals surface area contributed by atoms with E-state index in [0.29, 0.717) is 68.6 Å². The minimum absolute atomic E-state index is 0. The first-order chi connectivity index (χ1) is 30.7. The quantitative estimate of drug-likeness (QED) is 0.0153. The molecule has 0 radical (unpaired) electrons. The first-order valence-corrected chi connectivity index (χ1v) is 22.8. The number of nitrogens with zero attached hydrogens (tertiary/aromatic N) is 1. The number of fused-ring (bicyclic) bond motifs is 2. The maximum absolute atomic E-state index is 14.1. The average Bonchev–Trinajstić information content (AvgIpc) is 3.25. The number of hydrogen-bond donors (Lipinski definition) is 6. The number of aliphatic imine (C=N–C) groups is 1. The molecule has 4 rings (SSSR count). The fourth-order valence-corrected chi connectivity index (χ4v) is 7.30. The highest BCUT2D eigenvalue weighted by Crippen LogP contribution is 2.45. The van der Waals surface area contributed by atoms with E-state index in [1.165, 1.54) is 0 Å². The number of nitrogens with one attached hydrogen (secondary N) is 3. The molecule has 4 aromatic carbocycles. The molecule has 0 bridgehead atoms. The van der Waals surface area contributed by atoms with Gasteiger partial charge in [-0.1, -0.05) is 102 Å². The Bertz CT molecular complexity index is 2180. The summed E-state index contributed by atoms with van der Waals surface area (Å²) in [5.41, 5.74) is 18.5. The van der Waals surface area contributed by atoms with Gasteiger partial charge in [0.2, 0.25) is 11.8 Å². The summed E-state index contributed by atoms with van der Waals surface area (Å²) in [6.45, 7) is 13.2. The van der Waals surface area contributed by atoms with Gasteiger partial charge in [0.25, 0.3) is 5.91 Å². The Labute approximate surface area is 391 Å². The normalized spacial score (nSPS) is 12.6. The molecule has 0 aliphatic heterocycles. The minimum atomic E-state index is -1.08. The van der Waals surface area contributed by atoms with E-state index in [4.69, 9.17) is 31.4 Å². The lowest BCUT2D eigenvalue weighted by Gasteiger charge is -2.26. The molecule has 356 valence electrons. The van der Waals surface area contributed by atoms with E-state index in [9.17, 15) is 19.2 Å². The van der Waals surface area contributed by atoms with Gasteiger partial charge in [-0.05, 0) is 109 Å². The van der Waals surface area contributed by atoms with Gasteiger partial charge in [0.1, 0.15) is 29.6 Å². The van der Waals surface area contributed by atoms with Crippen LogP contribution in [0, 0.1) is 17.8 Å². The van der Waals surface area contributed by atoms with E-state index >= 15 is 0 Å². The SMILES string of the molecule is CC(C)CCOC(=O)[C@H](CC(C)C)NC(=O)[C@@H](CCCN=C(N)N)NC(=O)[C@@H](CCCCN)NC(=O)COc1ccc2ccccc2c1-c1c(OCCC(C)C)ccc2ccccc12.Cl. The second-order valence-corrected chi connectivity index (χ2v) is 17.6. The number of carbonyl (C=O) groups is 4. The summed E-state index contributed by atoms with van der Waals surface area (Å²) in [4.78, 5) is 59.1. The number of halogens is 1. The smallest absolute Gasteiger partial charge is 0.328 e. The van der Waals surface area contributed by atoms with Crippen molar-refractivity contribution in [3.63, 3.8) is 0 Å². The second kappa shape index (κ2) is 27.7. The Hall–Kier alpha value is -5.60. The van der Waals surface area contributed by atoms with Crippen LogP contribution in [0.2, 0.25) is 0 Å². The van der Waals surface area contributed by atoms with Crippen molar-refractivity contribution in [1.29, 1.82) is 0 Å². The molecule has 0 spiro atoms. The molecular formula is C50H72ClN7O7. The summed E-state index contributed by atoms with van der Waals surface area (Å²) >= 11 is 0. The fourth-order valence-electron chi connectivity index (χ4n) is 7.30. The van der Waals surface area contributed by atoms with Gasteiger partial charge in [-0.25, -0.2) is 4.79 Å². The van der Waals surface area contributed by atoms with Crippen molar-refractivity contribution in [3.05, 3.63) is 72.8 Å². The molecule has 0 saturated heterocycles. The van der Waals surface area contributed by atoms with Crippen LogP contribution in [0.5, 0.6) is 11.5 Å². The van der Waals surface area contributed by atoms with Crippen LogP contribution in [-0.4, -0.2) is 80.7 Å². The van der Waals surface area contributed by atoms with Gasteiger partial charge >= 0.3 is 5.97 Å². The second-order valence-electron chi connectivity index (χ2n) is 17.6. The molecule has 14 nitrogen and oxygen atoms in total. The predicted molar refractivity (Wildman–Crippen MR) is 263 cm³/mol. The van der Waals surface area contributed by atoms with Crippen molar-refractivity contribution in [2.75, 3.05) is 32.9 Å². The summed E-state index contributed by atoms with van der Waals surface area (Å²) in [5, 5.41) is 12.5. The Kier molecular flexibility index (Phi) is 22.9. The molecule has 15 heteroatoms. The van der Waals surface area contributed by atoms with Crippen molar-refractivity contribution in [1.82, 2.24) is 16.0 Å². The molecule has 0 unspecified atom stereocenters. The van der Waals surface area contributed by atoms with Gasteiger partial charge in [0, 0.05) is 17.7 Å². The Morgan fingerprint density at radius 2 is 1.12 bits per heavy atom. The van der Waals surface area contributed by atoms with Crippen LogP contribution < -0.4 is 42.6 Å². The number of rotatable bonds is 27. The molecule has 4 aromatic rings. The van der Waals surface area contributed by atoms with Crippen LogP contribution in [-0.2, 0) is 23.9 Å². The third-order valence-corrected chi connectivity index (χ3v) is 10.8. The highest BCUT2D eigenvalue weighted by Gasteiger charge is 2.31. The molecule has 65 heavy (non-hydrogen) atoms. The van der Waals surface area contributed by atoms with Gasteiger partial charge < -0.3 is 47.4 Å². The Morgan fingerprint density at radius 1 is 0.600 bits per heavy atom. The van der Waals surface area contributed by atoms with Crippen molar-refractivity contribution in [2.24, 2.45) is 39.9 Å². The van der Waals surface area contributed by atoms with Gasteiger partial charge in [-0.15, -0.1) is 12.4 Å². The molecule has 3 amide bonds. The van der Waals surface area contributed by atoms with E-state index in [2.05, 4.69) is 46.9 Å². The number of unbranched alkanes of at least 4 members (excludes halogenated alkanes) is 1. The lowest BCUT2D eigenvalue weighted by molar-refractivity contribution is -0.149. The third kappa shape index (κ3) is 17.4. The van der Waals surface area contributed by atoms with E-state index in [1.54, 1.807) is 0 Å². The standard InChI is InChI=1S/C50H71N7O7.ClH/c1-32(2)24-28-62-42-22-20-35-14-7-9-16-37(35)45(42)46-38-17-10-8-15-36(38)21-23-43(46)64-31-44(58)55-39(18-11-12-26-51)47(59)56-40(19-13-27-54-50(52)53)48(60)57-41(30-34(5)6)49(61)63-29-25-33(3)4;/h7-10,14-17,20-23,32-34,39-41H,11-13,18-19,24-31,51H2,1-6H3,(H,55,58)(H,56,59)(H,57,60)(H4,52,53,54);1H/t39-,40-,41+;/m1./s1. The van der Waals surface area contributed by atoms with Crippen LogP contribution in [0.1, 0.15) is 92.9 Å². The first-order valence-electron chi connectivity index (χ1n) is 22.8. The lowest BCUT2D eigenvalue weighted by Crippen LogP contribution is -2.56. The first kappa shape index (κ1) is 53.7. The zero-order chi connectivity index (χ0) is 46.6. The molecule has 3 atom stereocenters. The maximum Gasteiger partial charge on any atom is 0.328 e. The summed E-state index contributed by atoms with van der Waals surface area (Å²) in [5.74, 6) is -0.281. The molecule has 0 aliphatic rings. The highest BCUT2D eigenvalue weighted by molar-refractivity contribution is 6.10. The monoisotopic (exact) mass is 918 g/mol. The number of amides is 3. The van der Waals surface area contributed by atoms with Gasteiger partial charge in [0.05, 0.1) is 13.2 Å². The van der Waals surface area contributed by atoms with E-state index in [-0.39, 0.29) is 50.3 Å². The molecule has 9 N–H and O–H groups in total. The van der Waals surface area contributed by atoms with Crippen molar-refractivity contribution < 1.29 is 33.4 Å². The number of carbonyl (C=O) groups excluding carboxylic acids is 4. The van der Waals surface area contributed by atoms with E-state index in [1.807, 2.05) is 88.4 Å². The maximum atomic E-state index is 14.1. The molecule has 0 heterocycles. The molecular weight excluding hydrogens is 846 g/mol. The summed E-state index contributed by atoms with van der Waals surface area (Å²) < 4.78 is 18.4. The number of guanidine groups is 1. The number of hydrogen-bond acceptors (Lipinski definition) is 9. The third-order valence-electron chi connectivity index (χ3n) is 10.8. The largest absolute Gasteiger partial charge is 0.493 e. The molecule has 0 aliphatic carbocycles. The van der Waals surface area contributed by atoms with E-state index in [0.717, 1.165) is 39.1 Å². The average molecular weight is 919 g/mol. The lowest BCUT2D eigenvalue weighted by atomic mass is 9.92. The molecule has 0 fully saturated rings. The minimum Gasteiger partial charge on any atom is -0.493 e. The van der Waals surface area contributed by atoms with Gasteiger partial charge in [0.15, 0.2) is 12.6 Å². The van der Waals surface area contributed by atoms with Crippen molar-refractivity contribution in [3.8, 4) is 22.6 Å². The molecule has 0 saturated carbocycles. The van der Waals surface area contributed by atoms with Gasteiger partial charge in [-0.3, -0.25) is 19.4 Å². The van der Waals surface area contributed by atoms with Gasteiger partial charge in [-0.2, -0.15) is 0 Å². The van der Waals surface area contributed by atoms with E-state index < -0.39 is 48.4 Å². The fraction of sp³-hybridized carbons (Fsp3) is 0.500. The number of benzene rings is 4. The number of nitrogens with two attached hydrogens (primary N) is 3. The van der Waals surface area contributed by atoms with Crippen LogP contribution in [0.25, 0.3) is 32.7 Å². The Balaban J connectivity index is 0.0000112. The summed E-state index contributed by atoms with van der Waals surface area (Å²) in [6.07, 6.45) is 3.79. The van der Waals surface area contributed by atoms with Crippen molar-refractivity contribution >= 4 is 63.6 Å². The van der Waals surface area contributed by atoms with Crippen LogP contribution in [0.4, 0.5) is 0 Å². The van der Waals surface area contributed by atoms with Crippen molar-refractivity contribution in [2.45, 2.75) is 111 Å². The van der Waals surface area contributed by atoms with Crippen LogP contribution in [0.15, 0.2) is 77.8 Å². The number of ether oxygens (including phenoxy) is 3. The Morgan fingerprint density at radius 3 is 1.68 bits per heavy atom.